The Morgan fingerprint density at radius 3 is 3.00 bits per heavy atom. The minimum Gasteiger partial charge on any atom is -0.481 e. The van der Waals surface area contributed by atoms with Gasteiger partial charge in [0, 0.05) is 26.1 Å². The maximum Gasteiger partial charge on any atom is 0.303 e. The Balaban J connectivity index is 1.82. The molecular weight excluding hydrogens is 234 g/mol. The molecule has 2 aromatic heterocycles. The van der Waals surface area contributed by atoms with Crippen molar-refractivity contribution < 1.29 is 9.90 Å². The molecule has 18 heavy (non-hydrogen) atoms. The summed E-state index contributed by atoms with van der Waals surface area (Å²) in [5.41, 5.74) is 0.793. The van der Waals surface area contributed by atoms with E-state index in [1.54, 1.807) is 10.9 Å². The molecule has 3 rings (SSSR count). The molecule has 3 heterocycles. The van der Waals surface area contributed by atoms with Crippen LogP contribution in [0.25, 0.3) is 11.0 Å². The van der Waals surface area contributed by atoms with Crippen LogP contribution < -0.4 is 4.90 Å². The van der Waals surface area contributed by atoms with E-state index in [0.717, 1.165) is 29.9 Å². The molecule has 0 saturated carbocycles. The van der Waals surface area contributed by atoms with Crippen molar-refractivity contribution in [1.29, 1.82) is 0 Å². The predicted molar refractivity (Wildman–Crippen MR) is 64.3 cm³/mol. The Kier molecular flexibility index (Phi) is 2.39. The molecular formula is C11H13N5O2. The molecule has 0 atom stereocenters. The third-order valence-electron chi connectivity index (χ3n) is 3.23. The van der Waals surface area contributed by atoms with E-state index in [9.17, 15) is 4.79 Å². The summed E-state index contributed by atoms with van der Waals surface area (Å²) in [4.78, 5) is 21.1. The first kappa shape index (κ1) is 10.9. The number of aryl methyl sites for hydroxylation is 1. The van der Waals surface area contributed by atoms with Crippen molar-refractivity contribution in [2.24, 2.45) is 13.0 Å². The van der Waals surface area contributed by atoms with Gasteiger partial charge in [-0.25, -0.2) is 9.97 Å². The maximum atomic E-state index is 10.6. The number of aromatic nitrogens is 4. The van der Waals surface area contributed by atoms with Crippen LogP contribution in [0.5, 0.6) is 0 Å². The van der Waals surface area contributed by atoms with E-state index >= 15 is 0 Å². The standard InChI is InChI=1S/C11H13N5O2/c1-15-10-8(3-14-15)11(13-6-12-10)16-4-7(5-16)2-9(17)18/h3,6-7H,2,4-5H2,1H3,(H,17,18). The zero-order chi connectivity index (χ0) is 12.7. The van der Waals surface area contributed by atoms with Crippen LogP contribution in [0.4, 0.5) is 5.82 Å². The lowest BCUT2D eigenvalue weighted by atomic mass is 9.96. The molecule has 7 nitrogen and oxygen atoms in total. The van der Waals surface area contributed by atoms with Crippen molar-refractivity contribution in [2.45, 2.75) is 6.42 Å². The Labute approximate surface area is 103 Å². The molecule has 7 heteroatoms. The molecule has 1 aliphatic heterocycles. The van der Waals surface area contributed by atoms with E-state index in [1.807, 2.05) is 7.05 Å². The van der Waals surface area contributed by atoms with Crippen LogP contribution in [0.15, 0.2) is 12.5 Å². The normalized spacial score (nSPS) is 15.9. The van der Waals surface area contributed by atoms with Gasteiger partial charge in [0.05, 0.1) is 18.0 Å². The lowest BCUT2D eigenvalue weighted by Crippen LogP contribution is -2.48. The van der Waals surface area contributed by atoms with Gasteiger partial charge in [0.25, 0.3) is 0 Å². The quantitative estimate of drug-likeness (QED) is 0.838. The molecule has 1 aliphatic rings. The molecule has 0 spiro atoms. The van der Waals surface area contributed by atoms with Crippen LogP contribution in [-0.4, -0.2) is 43.9 Å². The summed E-state index contributed by atoms with van der Waals surface area (Å²) in [5, 5.41) is 13.8. The Morgan fingerprint density at radius 2 is 2.28 bits per heavy atom. The highest BCUT2D eigenvalue weighted by atomic mass is 16.4. The molecule has 0 bridgehead atoms. The summed E-state index contributed by atoms with van der Waals surface area (Å²) in [7, 11) is 1.84. The van der Waals surface area contributed by atoms with Crippen LogP contribution in [0.3, 0.4) is 0 Å². The summed E-state index contributed by atoms with van der Waals surface area (Å²) in [6.07, 6.45) is 3.48. The van der Waals surface area contributed by atoms with E-state index in [2.05, 4.69) is 20.0 Å². The third-order valence-corrected chi connectivity index (χ3v) is 3.23. The molecule has 0 radical (unpaired) electrons. The monoisotopic (exact) mass is 247 g/mol. The van der Waals surface area contributed by atoms with Crippen molar-refractivity contribution in [3.63, 3.8) is 0 Å². The molecule has 0 amide bonds. The van der Waals surface area contributed by atoms with E-state index in [4.69, 9.17) is 5.11 Å². The zero-order valence-corrected chi connectivity index (χ0v) is 9.94. The van der Waals surface area contributed by atoms with E-state index in [1.165, 1.54) is 6.33 Å². The van der Waals surface area contributed by atoms with Gasteiger partial charge >= 0.3 is 5.97 Å². The number of carboxylic acids is 1. The van der Waals surface area contributed by atoms with Gasteiger partial charge in [-0.1, -0.05) is 0 Å². The van der Waals surface area contributed by atoms with Crippen LogP contribution in [0.2, 0.25) is 0 Å². The Bertz CT molecular complexity index is 602. The Hall–Kier alpha value is -2.18. The van der Waals surface area contributed by atoms with Gasteiger partial charge in [-0.05, 0) is 0 Å². The molecule has 1 saturated heterocycles. The number of fused-ring (bicyclic) bond motifs is 1. The van der Waals surface area contributed by atoms with E-state index in [-0.39, 0.29) is 12.3 Å². The lowest BCUT2D eigenvalue weighted by Gasteiger charge is -2.39. The van der Waals surface area contributed by atoms with Crippen molar-refractivity contribution in [3.05, 3.63) is 12.5 Å². The maximum absolute atomic E-state index is 10.6. The number of hydrogen-bond donors (Lipinski definition) is 1. The molecule has 94 valence electrons. The first-order chi connectivity index (χ1) is 8.65. The summed E-state index contributed by atoms with van der Waals surface area (Å²) in [6, 6.07) is 0. The summed E-state index contributed by atoms with van der Waals surface area (Å²) in [5.74, 6) is 0.313. The van der Waals surface area contributed by atoms with Gasteiger partial charge in [0.1, 0.15) is 12.1 Å². The lowest BCUT2D eigenvalue weighted by molar-refractivity contribution is -0.138. The number of nitrogens with zero attached hydrogens (tertiary/aromatic N) is 5. The van der Waals surface area contributed by atoms with Gasteiger partial charge in [0.15, 0.2) is 5.65 Å². The topological polar surface area (TPSA) is 84.1 Å². The first-order valence-electron chi connectivity index (χ1n) is 5.74. The van der Waals surface area contributed by atoms with Crippen molar-refractivity contribution in [2.75, 3.05) is 18.0 Å². The highest BCUT2D eigenvalue weighted by Gasteiger charge is 2.30. The van der Waals surface area contributed by atoms with Crippen molar-refractivity contribution in [1.82, 2.24) is 19.7 Å². The van der Waals surface area contributed by atoms with Crippen molar-refractivity contribution >= 4 is 22.8 Å². The fourth-order valence-electron chi connectivity index (χ4n) is 2.32. The number of aliphatic carboxylic acids is 1. The highest BCUT2D eigenvalue weighted by Crippen LogP contribution is 2.29. The van der Waals surface area contributed by atoms with E-state index < -0.39 is 5.97 Å². The second kappa shape index (κ2) is 3.94. The number of anilines is 1. The molecule has 0 unspecified atom stereocenters. The minimum atomic E-state index is -0.742. The fourth-order valence-corrected chi connectivity index (χ4v) is 2.32. The first-order valence-corrected chi connectivity index (χ1v) is 5.74. The smallest absolute Gasteiger partial charge is 0.303 e. The average molecular weight is 247 g/mol. The zero-order valence-electron chi connectivity index (χ0n) is 9.94. The SMILES string of the molecule is Cn1ncc2c(N3CC(CC(=O)O)C3)ncnc21. The number of rotatable bonds is 3. The molecule has 2 aromatic rings. The predicted octanol–water partition coefficient (Wildman–Crippen LogP) is 0.274. The van der Waals surface area contributed by atoms with Crippen LogP contribution in [0.1, 0.15) is 6.42 Å². The summed E-state index contributed by atoms with van der Waals surface area (Å²) in [6.45, 7) is 1.46. The van der Waals surface area contributed by atoms with Gasteiger partial charge in [-0.3, -0.25) is 9.48 Å². The number of carbonyl (C=O) groups is 1. The van der Waals surface area contributed by atoms with Gasteiger partial charge in [-0.15, -0.1) is 0 Å². The molecule has 0 aromatic carbocycles. The third kappa shape index (κ3) is 1.68. The fraction of sp³-hybridized carbons (Fsp3) is 0.455. The average Bonchev–Trinajstić information content (AvgIpc) is 2.65. The van der Waals surface area contributed by atoms with Gasteiger partial charge < -0.3 is 10.0 Å². The molecule has 0 aliphatic carbocycles. The number of carboxylic acid groups (broad SMARTS) is 1. The largest absolute Gasteiger partial charge is 0.481 e. The minimum absolute atomic E-state index is 0.212. The number of hydrogen-bond acceptors (Lipinski definition) is 5. The summed E-state index contributed by atoms with van der Waals surface area (Å²) < 4.78 is 1.70. The van der Waals surface area contributed by atoms with Gasteiger partial charge in [-0.2, -0.15) is 5.10 Å². The Morgan fingerprint density at radius 1 is 1.50 bits per heavy atom. The van der Waals surface area contributed by atoms with Crippen LogP contribution in [-0.2, 0) is 11.8 Å². The van der Waals surface area contributed by atoms with Gasteiger partial charge in [0.2, 0.25) is 0 Å². The highest BCUT2D eigenvalue weighted by molar-refractivity contribution is 5.87. The summed E-state index contributed by atoms with van der Waals surface area (Å²) >= 11 is 0. The van der Waals surface area contributed by atoms with Crippen LogP contribution in [0, 0.1) is 5.92 Å². The second-order valence-corrected chi connectivity index (χ2v) is 4.57. The molecule has 1 fully saturated rings. The second-order valence-electron chi connectivity index (χ2n) is 4.57. The molecule has 1 N–H and O–H groups in total. The van der Waals surface area contributed by atoms with Crippen LogP contribution >= 0.6 is 0 Å². The van der Waals surface area contributed by atoms with E-state index in [0.29, 0.717) is 0 Å². The van der Waals surface area contributed by atoms with Crippen molar-refractivity contribution in [3.8, 4) is 0 Å².